The number of carbonyl (C=O) groups is 1. The molecular formula is C23H34N2O5. The van der Waals surface area contributed by atoms with Gasteiger partial charge in [-0.2, -0.15) is 0 Å². The highest BCUT2D eigenvalue weighted by Gasteiger charge is 2.42. The van der Waals surface area contributed by atoms with Crippen molar-refractivity contribution < 1.29 is 24.1 Å². The second-order valence-corrected chi connectivity index (χ2v) is 8.68. The number of hydrogen-bond acceptors (Lipinski definition) is 6. The van der Waals surface area contributed by atoms with Crippen LogP contribution in [-0.2, 0) is 20.8 Å². The molecule has 2 unspecified atom stereocenters. The smallest absolute Gasteiger partial charge is 0.249 e. The second kappa shape index (κ2) is 9.54. The highest BCUT2D eigenvalue weighted by Crippen LogP contribution is 2.39. The first-order chi connectivity index (χ1) is 14.6. The van der Waals surface area contributed by atoms with Crippen LogP contribution < -0.4 is 10.1 Å². The summed E-state index contributed by atoms with van der Waals surface area (Å²) in [6.45, 7) is 6.30. The molecule has 3 aliphatic heterocycles. The summed E-state index contributed by atoms with van der Waals surface area (Å²) in [5, 5.41) is 13.5. The summed E-state index contributed by atoms with van der Waals surface area (Å²) < 4.78 is 17.4. The summed E-state index contributed by atoms with van der Waals surface area (Å²) in [7, 11) is 0. The molecule has 0 radical (unpaired) electrons. The maximum Gasteiger partial charge on any atom is 0.249 e. The average Bonchev–Trinajstić information content (AvgIpc) is 3.42. The summed E-state index contributed by atoms with van der Waals surface area (Å²) in [5.74, 6) is 0.801. The minimum atomic E-state index is -0.277. The number of hydrogen-bond donors (Lipinski definition) is 2. The third-order valence-corrected chi connectivity index (χ3v) is 6.61. The monoisotopic (exact) mass is 418 g/mol. The predicted molar refractivity (Wildman–Crippen MR) is 113 cm³/mol. The van der Waals surface area contributed by atoms with Gasteiger partial charge < -0.3 is 24.6 Å². The minimum Gasteiger partial charge on any atom is -0.504 e. The lowest BCUT2D eigenvalue weighted by atomic mass is 9.88. The highest BCUT2D eigenvalue weighted by atomic mass is 16.5. The molecule has 1 amide bonds. The Morgan fingerprint density at radius 3 is 2.87 bits per heavy atom. The maximum atomic E-state index is 12.2. The van der Waals surface area contributed by atoms with Crippen molar-refractivity contribution in [2.75, 3.05) is 32.8 Å². The zero-order chi connectivity index (χ0) is 21.0. The van der Waals surface area contributed by atoms with Crippen LogP contribution in [0.1, 0.15) is 51.0 Å². The molecule has 1 aromatic carbocycles. The largest absolute Gasteiger partial charge is 0.504 e. The summed E-state index contributed by atoms with van der Waals surface area (Å²) >= 11 is 0. The van der Waals surface area contributed by atoms with Crippen molar-refractivity contribution in [2.45, 2.75) is 69.8 Å². The standard InChI is InChI=1S/C23H34N2O5/c1-2-28-19-6-3-5-17(21(19)26)16-25-12-10-23(11-13-25)9-8-18(30-23)15-24-22(27)20-7-4-14-29-20/h3,5-6,18,20,26H,2,4,7-16H2,1H3,(H,24,27). The SMILES string of the molecule is CCOc1cccc(CN2CCC3(CCC(CNC(=O)C4CCCO4)O3)CC2)c1O. The van der Waals surface area contributed by atoms with Crippen molar-refractivity contribution in [3.8, 4) is 11.5 Å². The average molecular weight is 419 g/mol. The van der Waals surface area contributed by atoms with Crippen LogP contribution in [-0.4, -0.2) is 66.6 Å². The third kappa shape index (κ3) is 4.90. The number of piperidine rings is 1. The van der Waals surface area contributed by atoms with Gasteiger partial charge in [0.05, 0.1) is 18.3 Å². The Kier molecular flexibility index (Phi) is 6.80. The molecule has 166 valence electrons. The topological polar surface area (TPSA) is 80.3 Å². The molecule has 3 heterocycles. The number of para-hydroxylation sites is 1. The molecule has 1 spiro atoms. The van der Waals surface area contributed by atoms with Crippen LogP contribution in [0.5, 0.6) is 11.5 Å². The van der Waals surface area contributed by atoms with Crippen LogP contribution in [0.4, 0.5) is 0 Å². The molecular weight excluding hydrogens is 384 g/mol. The van der Waals surface area contributed by atoms with Gasteiger partial charge in [0.15, 0.2) is 11.5 Å². The maximum absolute atomic E-state index is 12.2. The molecule has 3 aliphatic rings. The van der Waals surface area contributed by atoms with Gasteiger partial charge in [0.25, 0.3) is 0 Å². The van der Waals surface area contributed by atoms with Crippen molar-refractivity contribution in [1.29, 1.82) is 0 Å². The lowest BCUT2D eigenvalue weighted by Gasteiger charge is -2.39. The van der Waals surface area contributed by atoms with Gasteiger partial charge in [-0.25, -0.2) is 0 Å². The number of benzene rings is 1. The first-order valence-corrected chi connectivity index (χ1v) is 11.3. The van der Waals surface area contributed by atoms with Gasteiger partial charge in [-0.1, -0.05) is 12.1 Å². The summed E-state index contributed by atoms with van der Waals surface area (Å²) in [6, 6.07) is 5.69. The molecule has 1 aromatic rings. The van der Waals surface area contributed by atoms with E-state index in [2.05, 4.69) is 10.2 Å². The first-order valence-electron chi connectivity index (χ1n) is 11.3. The van der Waals surface area contributed by atoms with Gasteiger partial charge in [-0.3, -0.25) is 9.69 Å². The quantitative estimate of drug-likeness (QED) is 0.709. The van der Waals surface area contributed by atoms with Crippen molar-refractivity contribution in [1.82, 2.24) is 10.2 Å². The van der Waals surface area contributed by atoms with E-state index in [1.807, 2.05) is 19.1 Å². The molecule has 2 atom stereocenters. The van der Waals surface area contributed by atoms with Crippen LogP contribution in [0.15, 0.2) is 18.2 Å². The van der Waals surface area contributed by atoms with E-state index in [-0.39, 0.29) is 29.5 Å². The molecule has 3 fully saturated rings. The van der Waals surface area contributed by atoms with Gasteiger partial charge in [-0.05, 0) is 51.5 Å². The van der Waals surface area contributed by atoms with Crippen molar-refractivity contribution in [2.24, 2.45) is 0 Å². The fraction of sp³-hybridized carbons (Fsp3) is 0.696. The van der Waals surface area contributed by atoms with Crippen molar-refractivity contribution >= 4 is 5.91 Å². The summed E-state index contributed by atoms with van der Waals surface area (Å²) in [6.07, 6.45) is 5.60. The molecule has 0 saturated carbocycles. The number of likely N-dealkylation sites (tertiary alicyclic amines) is 1. The molecule has 2 N–H and O–H groups in total. The Labute approximate surface area is 178 Å². The molecule has 3 saturated heterocycles. The number of phenolic OH excluding ortho intramolecular Hbond substituents is 1. The van der Waals surface area contributed by atoms with E-state index in [0.29, 0.717) is 32.1 Å². The Morgan fingerprint density at radius 2 is 2.13 bits per heavy atom. The van der Waals surface area contributed by atoms with E-state index in [4.69, 9.17) is 14.2 Å². The minimum absolute atomic E-state index is 0.000889. The van der Waals surface area contributed by atoms with Crippen LogP contribution in [0.25, 0.3) is 0 Å². The molecule has 0 aliphatic carbocycles. The number of nitrogens with one attached hydrogen (secondary N) is 1. The number of carbonyl (C=O) groups excluding carboxylic acids is 1. The lowest BCUT2D eigenvalue weighted by molar-refractivity contribution is -0.131. The lowest BCUT2D eigenvalue weighted by Crippen LogP contribution is -2.45. The van der Waals surface area contributed by atoms with Gasteiger partial charge in [0, 0.05) is 38.3 Å². The second-order valence-electron chi connectivity index (χ2n) is 8.68. The third-order valence-electron chi connectivity index (χ3n) is 6.61. The number of ether oxygens (including phenoxy) is 3. The Morgan fingerprint density at radius 1 is 1.30 bits per heavy atom. The molecule has 4 rings (SSSR count). The van der Waals surface area contributed by atoms with Gasteiger partial charge in [0.2, 0.25) is 5.91 Å². The normalized spacial score (nSPS) is 26.2. The van der Waals surface area contributed by atoms with Crippen molar-refractivity contribution in [3.05, 3.63) is 23.8 Å². The van der Waals surface area contributed by atoms with Crippen LogP contribution >= 0.6 is 0 Å². The van der Waals surface area contributed by atoms with Gasteiger partial charge >= 0.3 is 0 Å². The molecule has 0 aromatic heterocycles. The van der Waals surface area contributed by atoms with Crippen LogP contribution in [0.3, 0.4) is 0 Å². The fourth-order valence-corrected chi connectivity index (χ4v) is 4.85. The van der Waals surface area contributed by atoms with E-state index in [1.54, 1.807) is 6.07 Å². The van der Waals surface area contributed by atoms with Gasteiger partial charge in [0.1, 0.15) is 6.10 Å². The van der Waals surface area contributed by atoms with Gasteiger partial charge in [-0.15, -0.1) is 0 Å². The molecule has 7 nitrogen and oxygen atoms in total. The predicted octanol–water partition coefficient (Wildman–Crippen LogP) is 2.60. The molecule has 30 heavy (non-hydrogen) atoms. The zero-order valence-corrected chi connectivity index (χ0v) is 17.9. The Hall–Kier alpha value is -1.83. The zero-order valence-electron chi connectivity index (χ0n) is 17.9. The fourth-order valence-electron chi connectivity index (χ4n) is 4.85. The molecule has 7 heteroatoms. The van der Waals surface area contributed by atoms with E-state index in [0.717, 1.165) is 57.2 Å². The van der Waals surface area contributed by atoms with E-state index in [1.165, 1.54) is 0 Å². The van der Waals surface area contributed by atoms with Crippen molar-refractivity contribution in [3.63, 3.8) is 0 Å². The Balaban J connectivity index is 1.23. The van der Waals surface area contributed by atoms with Crippen LogP contribution in [0.2, 0.25) is 0 Å². The molecule has 0 bridgehead atoms. The number of rotatable bonds is 7. The van der Waals surface area contributed by atoms with E-state index < -0.39 is 0 Å². The number of amides is 1. The number of nitrogens with zero attached hydrogens (tertiary/aromatic N) is 1. The van der Waals surface area contributed by atoms with Crippen LogP contribution in [0, 0.1) is 0 Å². The number of aromatic hydroxyl groups is 1. The number of phenols is 1. The Bertz CT molecular complexity index is 726. The highest BCUT2D eigenvalue weighted by molar-refractivity contribution is 5.80. The summed E-state index contributed by atoms with van der Waals surface area (Å²) in [4.78, 5) is 14.5. The van der Waals surface area contributed by atoms with E-state index in [9.17, 15) is 9.90 Å². The first kappa shape index (κ1) is 21.4. The van der Waals surface area contributed by atoms with E-state index >= 15 is 0 Å². The summed E-state index contributed by atoms with van der Waals surface area (Å²) in [5.41, 5.74) is 0.837.